The van der Waals surface area contributed by atoms with Crippen LogP contribution in [0.15, 0.2) is 170 Å². The molecule has 18 heteroatoms. The van der Waals surface area contributed by atoms with Gasteiger partial charge in [-0.15, -0.1) is 0 Å². The van der Waals surface area contributed by atoms with Gasteiger partial charge in [-0.2, -0.15) is 0 Å². The van der Waals surface area contributed by atoms with E-state index in [1.165, 1.54) is 60.7 Å². The first-order chi connectivity index (χ1) is 34.9. The van der Waals surface area contributed by atoms with E-state index in [9.17, 15) is 29.8 Å². The van der Waals surface area contributed by atoms with Gasteiger partial charge in [0.25, 0.3) is 11.4 Å². The number of nitrogens with one attached hydrogen (secondary N) is 2. The van der Waals surface area contributed by atoms with Crippen molar-refractivity contribution in [3.05, 3.63) is 224 Å². The van der Waals surface area contributed by atoms with Crippen molar-refractivity contribution >= 4 is 34.8 Å². The van der Waals surface area contributed by atoms with Crippen molar-refractivity contribution in [3.63, 3.8) is 0 Å². The molecule has 6 heterocycles. The Morgan fingerprint density at radius 3 is 1.12 bits per heavy atom. The third-order valence-electron chi connectivity index (χ3n) is 15.3. The summed E-state index contributed by atoms with van der Waals surface area (Å²) >= 11 is 0. The Labute approximate surface area is 412 Å². The molecule has 6 aromatic rings. The summed E-state index contributed by atoms with van der Waals surface area (Å²) in [6, 6.07) is 23.9. The Balaban J connectivity index is 1.09. The number of hydrogen-bond acceptors (Lipinski definition) is 14. The van der Waals surface area contributed by atoms with Crippen LogP contribution in [0.4, 0.5) is 11.4 Å². The molecule has 2 N–H and O–H groups in total. The van der Waals surface area contributed by atoms with Crippen molar-refractivity contribution in [1.29, 1.82) is 0 Å². The van der Waals surface area contributed by atoms with Crippen LogP contribution in [-0.4, -0.2) is 86.1 Å². The number of carbonyl (C=O) groups is 4. The lowest BCUT2D eigenvalue weighted by molar-refractivity contribution is -0.385. The van der Waals surface area contributed by atoms with E-state index in [1.807, 2.05) is 48.5 Å². The Kier molecular flexibility index (Phi) is 11.5. The molecule has 2 amide bonds. The predicted molar refractivity (Wildman–Crippen MR) is 259 cm³/mol. The number of pyridine rings is 4. The quantitative estimate of drug-likeness (QED) is 0.0476. The molecule has 72 heavy (non-hydrogen) atoms. The average Bonchev–Trinajstić information content (AvgIpc) is 3.89. The molecule has 4 aliphatic carbocycles. The molecule has 0 spiro atoms. The molecule has 18 nitrogen and oxygen atoms in total. The summed E-state index contributed by atoms with van der Waals surface area (Å²) in [6.07, 6.45) is 20.2. The Hall–Kier alpha value is -8.80. The fourth-order valence-corrected chi connectivity index (χ4v) is 13.0. The molecule has 360 valence electrons. The lowest BCUT2D eigenvalue weighted by Gasteiger charge is -2.68. The van der Waals surface area contributed by atoms with Gasteiger partial charge in [0.05, 0.1) is 9.85 Å². The smallest absolute Gasteiger partial charge is 0.269 e. The third kappa shape index (κ3) is 8.13. The second-order valence-corrected chi connectivity index (χ2v) is 19.5. The number of nitro benzene ring substituents is 2. The van der Waals surface area contributed by atoms with Gasteiger partial charge >= 0.3 is 0 Å². The molecule has 2 unspecified atom stereocenters. The largest absolute Gasteiger partial charge is 0.339 e. The summed E-state index contributed by atoms with van der Waals surface area (Å²) in [4.78, 5) is 103. The van der Waals surface area contributed by atoms with Crippen LogP contribution in [0.25, 0.3) is 0 Å². The Morgan fingerprint density at radius 1 is 0.528 bits per heavy atom. The molecular weight excluding hydrogens is 917 g/mol. The first kappa shape index (κ1) is 45.6. The number of nitrogens with zero attached hydrogens (tertiary/aromatic N) is 8. The summed E-state index contributed by atoms with van der Waals surface area (Å²) in [5, 5.41) is 29.4. The molecule has 2 saturated heterocycles. The van der Waals surface area contributed by atoms with E-state index in [-0.39, 0.29) is 46.2 Å². The summed E-state index contributed by atoms with van der Waals surface area (Å²) in [5.74, 6) is -2.00. The van der Waals surface area contributed by atoms with Crippen LogP contribution in [-0.2, 0) is 9.59 Å². The minimum atomic E-state index is -0.909. The maximum Gasteiger partial charge on any atom is 0.269 e. The number of non-ortho nitro benzene ring substituents is 2. The molecule has 4 saturated carbocycles. The Bertz CT molecular complexity index is 2870. The molecule has 12 rings (SSSR count). The molecule has 0 radical (unpaired) electrons. The van der Waals surface area contributed by atoms with Crippen LogP contribution in [0, 0.1) is 32.1 Å². The highest BCUT2D eigenvalue weighted by Crippen LogP contribution is 2.64. The molecule has 6 aliphatic rings. The van der Waals surface area contributed by atoms with Gasteiger partial charge in [0.15, 0.2) is 11.6 Å². The lowest BCUT2D eigenvalue weighted by Crippen LogP contribution is -2.71. The molecule has 6 fully saturated rings. The number of allylic oxidation sites excluding steroid dienone is 2. The van der Waals surface area contributed by atoms with E-state index in [0.29, 0.717) is 43.7 Å². The second-order valence-electron chi connectivity index (χ2n) is 19.5. The molecule has 4 aromatic heterocycles. The number of carbonyl (C=O) groups excluding carboxylic acids is 4. The first-order valence-electron chi connectivity index (χ1n) is 23.7. The average molecular weight is 963 g/mol. The highest BCUT2D eigenvalue weighted by atomic mass is 16.6. The van der Waals surface area contributed by atoms with Crippen LogP contribution < -0.4 is 10.6 Å². The van der Waals surface area contributed by atoms with Crippen LogP contribution in [0.1, 0.15) is 93.3 Å². The van der Waals surface area contributed by atoms with Gasteiger partial charge in [0.2, 0.25) is 11.8 Å². The van der Waals surface area contributed by atoms with E-state index in [1.54, 1.807) is 49.6 Å². The van der Waals surface area contributed by atoms with Gasteiger partial charge in [0.1, 0.15) is 23.7 Å². The van der Waals surface area contributed by atoms with Gasteiger partial charge in [-0.1, -0.05) is 0 Å². The van der Waals surface area contributed by atoms with E-state index in [0.717, 1.165) is 28.7 Å². The minimum absolute atomic E-state index is 0.0813. The molecule has 2 atom stereocenters. The summed E-state index contributed by atoms with van der Waals surface area (Å²) in [5.41, 5.74) is 1.66. The number of nitro groups is 2. The number of benzene rings is 2. The molecule has 2 aliphatic heterocycles. The van der Waals surface area contributed by atoms with E-state index >= 15 is 9.59 Å². The highest BCUT2D eigenvalue weighted by Gasteiger charge is 2.67. The number of ketones is 2. The van der Waals surface area contributed by atoms with E-state index in [2.05, 4.69) is 40.4 Å². The molecule has 4 bridgehead atoms. The summed E-state index contributed by atoms with van der Waals surface area (Å²) < 4.78 is 0. The van der Waals surface area contributed by atoms with Gasteiger partial charge in [-0.25, -0.2) is 0 Å². The van der Waals surface area contributed by atoms with Crippen LogP contribution in [0.5, 0.6) is 0 Å². The highest BCUT2D eigenvalue weighted by molar-refractivity contribution is 6.06. The third-order valence-corrected chi connectivity index (χ3v) is 15.3. The zero-order valence-electron chi connectivity index (χ0n) is 38.6. The van der Waals surface area contributed by atoms with Gasteiger partial charge in [-0.3, -0.25) is 59.3 Å². The Morgan fingerprint density at radius 2 is 0.833 bits per heavy atom. The number of amides is 2. The predicted octanol–water partition coefficient (Wildman–Crippen LogP) is 7.19. The molecule has 2 aromatic carbocycles. The zero-order chi connectivity index (χ0) is 49.7. The monoisotopic (exact) mass is 962 g/mol. The summed E-state index contributed by atoms with van der Waals surface area (Å²) in [6.45, 7) is 0. The number of aromatic nitrogens is 4. The first-order valence-corrected chi connectivity index (χ1v) is 23.7. The number of rotatable bonds is 14. The summed E-state index contributed by atoms with van der Waals surface area (Å²) in [7, 11) is 0. The van der Waals surface area contributed by atoms with Crippen molar-refractivity contribution < 1.29 is 29.0 Å². The van der Waals surface area contributed by atoms with E-state index < -0.39 is 56.4 Å². The van der Waals surface area contributed by atoms with Crippen molar-refractivity contribution in [3.8, 4) is 0 Å². The van der Waals surface area contributed by atoms with Gasteiger partial charge in [-0.05, 0) is 145 Å². The van der Waals surface area contributed by atoms with Crippen molar-refractivity contribution in [2.45, 2.75) is 73.5 Å². The standard InChI is InChI=1S/C54H46N10O8/c65-43(35-1-5-41(6-2-35)63(69)70)26-45-59-51(67)49(47(37-9-17-55-18-10-37)38-11-19-56-20-12-38)61(45)53-28-33-25-34(29-53)31-54(30-33,32-53)62-46(27-44(66)36-3-7-42(8-4-36)64(71)72)60-52(68)50(62)48(39-13-21-57-22-14-39)40-15-23-58-24-16-40/h1-24,26-27,33-34,47-50H,25,28-32H2,(H,59,67)(H,60,68)/b45-26+,46-27+. The lowest BCUT2D eigenvalue weighted by atomic mass is 9.48. The van der Waals surface area contributed by atoms with Gasteiger partial charge < -0.3 is 20.4 Å². The van der Waals surface area contributed by atoms with Crippen molar-refractivity contribution in [1.82, 2.24) is 40.4 Å². The second kappa shape index (κ2) is 18.2. The van der Waals surface area contributed by atoms with Crippen LogP contribution in [0.2, 0.25) is 0 Å². The SMILES string of the molecule is O=C(/C=C1\NC(=O)C(C(c2ccncc2)c2ccncc2)N1C12CC3CC(C1)CC(N1/C(=C/C(=O)c4ccc([N+](=O)[O-])cc4)NC(=O)C1C(c1ccncc1)c1ccncc1)(C3)C2)c1ccc([N+](=O)[O-])cc1. The fourth-order valence-electron chi connectivity index (χ4n) is 13.0. The molecular formula is C54H46N10O8. The topological polar surface area (TPSA) is 237 Å². The van der Waals surface area contributed by atoms with Crippen molar-refractivity contribution in [2.75, 3.05) is 0 Å². The van der Waals surface area contributed by atoms with Gasteiger partial charge in [0, 0.05) is 120 Å². The van der Waals surface area contributed by atoms with Crippen LogP contribution in [0.3, 0.4) is 0 Å². The zero-order valence-corrected chi connectivity index (χ0v) is 38.6. The normalized spacial score (nSPS) is 25.3. The fraction of sp³-hybridized carbons (Fsp3) is 0.259. The maximum absolute atomic E-state index is 15.1. The number of hydrogen-bond donors (Lipinski definition) is 2. The van der Waals surface area contributed by atoms with Crippen LogP contribution >= 0.6 is 0 Å². The van der Waals surface area contributed by atoms with Crippen molar-refractivity contribution in [2.24, 2.45) is 11.8 Å². The van der Waals surface area contributed by atoms with E-state index in [4.69, 9.17) is 0 Å². The maximum atomic E-state index is 15.1. The minimum Gasteiger partial charge on any atom is -0.339 e.